The van der Waals surface area contributed by atoms with Gasteiger partial charge in [0.25, 0.3) is 0 Å². The van der Waals surface area contributed by atoms with Crippen molar-refractivity contribution in [3.05, 3.63) is 54.9 Å². The van der Waals surface area contributed by atoms with E-state index in [9.17, 15) is 0 Å². The van der Waals surface area contributed by atoms with E-state index in [-0.39, 0.29) is 0 Å². The van der Waals surface area contributed by atoms with Crippen LogP contribution in [0, 0.1) is 0 Å². The number of fused-ring (bicyclic) bond motifs is 1. The van der Waals surface area contributed by atoms with E-state index >= 15 is 0 Å². The summed E-state index contributed by atoms with van der Waals surface area (Å²) in [5.74, 6) is 2.51. The summed E-state index contributed by atoms with van der Waals surface area (Å²) in [7, 11) is 0. The maximum absolute atomic E-state index is 6.20. The number of ether oxygens (including phenoxy) is 2. The van der Waals surface area contributed by atoms with Crippen LogP contribution in [0.25, 0.3) is 21.5 Å². The monoisotopic (exact) mass is 487 g/mol. The Morgan fingerprint density at radius 2 is 1.80 bits per heavy atom. The molecule has 3 aromatic heterocycles. The summed E-state index contributed by atoms with van der Waals surface area (Å²) < 4.78 is 12.8. The lowest BCUT2D eigenvalue weighted by Gasteiger charge is -2.27. The van der Waals surface area contributed by atoms with Crippen molar-refractivity contribution < 1.29 is 9.47 Å². The van der Waals surface area contributed by atoms with Crippen molar-refractivity contribution in [2.75, 3.05) is 36.5 Å². The lowest BCUT2D eigenvalue weighted by molar-refractivity contribution is 0.122. The fraction of sp³-hybridized carbons (Fsp3) is 0.370. The quantitative estimate of drug-likeness (QED) is 0.351. The average Bonchev–Trinajstić information content (AvgIpc) is 3.31. The molecule has 0 bridgehead atoms. The Balaban J connectivity index is 1.15. The van der Waals surface area contributed by atoms with Gasteiger partial charge in [-0.15, -0.1) is 0 Å². The van der Waals surface area contributed by atoms with Crippen molar-refractivity contribution >= 4 is 32.5 Å². The van der Waals surface area contributed by atoms with Gasteiger partial charge in [0.05, 0.1) is 29.1 Å². The molecule has 2 aliphatic rings. The largest absolute Gasteiger partial charge is 0.457 e. The van der Waals surface area contributed by atoms with Gasteiger partial charge in [0, 0.05) is 49.2 Å². The van der Waals surface area contributed by atoms with Gasteiger partial charge in [-0.2, -0.15) is 0 Å². The summed E-state index contributed by atoms with van der Waals surface area (Å²) in [6, 6.07) is 14.6. The van der Waals surface area contributed by atoms with Gasteiger partial charge in [0.15, 0.2) is 5.13 Å². The summed E-state index contributed by atoms with van der Waals surface area (Å²) >= 11 is 1.69. The summed E-state index contributed by atoms with van der Waals surface area (Å²) in [4.78, 5) is 16.2. The van der Waals surface area contributed by atoms with Crippen molar-refractivity contribution in [3.8, 4) is 22.8 Å². The highest BCUT2D eigenvalue weighted by atomic mass is 32.1. The lowest BCUT2D eigenvalue weighted by Crippen LogP contribution is -2.36. The molecule has 8 heteroatoms. The van der Waals surface area contributed by atoms with E-state index in [0.717, 1.165) is 70.2 Å². The van der Waals surface area contributed by atoms with Gasteiger partial charge in [-0.05, 0) is 43.2 Å². The van der Waals surface area contributed by atoms with E-state index < -0.39 is 0 Å². The standard InChI is InChI=1S/C27H29N5O2S/c1-2-4-20(5-3-1)30-27-31-23-8-7-21(17-25(23)35-27)34-22-10-11-28-24(16-22)19-6-9-26(29-18-19)32-12-14-33-15-13-32/h6-11,16-18,20H,1-5,12-15H2,(H,30,31). The predicted molar refractivity (Wildman–Crippen MR) is 141 cm³/mol. The summed E-state index contributed by atoms with van der Waals surface area (Å²) in [5, 5.41) is 4.64. The number of hydrogen-bond acceptors (Lipinski definition) is 8. The van der Waals surface area contributed by atoms with Crippen LogP contribution in [0.5, 0.6) is 11.5 Å². The molecule has 0 amide bonds. The molecule has 7 nitrogen and oxygen atoms in total. The van der Waals surface area contributed by atoms with Crippen LogP contribution in [0.3, 0.4) is 0 Å². The predicted octanol–water partition coefficient (Wildman–Crippen LogP) is 6.13. The number of hydrogen-bond donors (Lipinski definition) is 1. The third kappa shape index (κ3) is 5.23. The summed E-state index contributed by atoms with van der Waals surface area (Å²) in [6.07, 6.45) is 10.1. The minimum absolute atomic E-state index is 0.549. The molecule has 2 fully saturated rings. The molecule has 4 aromatic rings. The molecule has 4 heterocycles. The number of benzene rings is 1. The Hall–Kier alpha value is -3.23. The van der Waals surface area contributed by atoms with Crippen molar-refractivity contribution in [1.82, 2.24) is 15.0 Å². The minimum atomic E-state index is 0.549. The van der Waals surface area contributed by atoms with Gasteiger partial charge in [-0.1, -0.05) is 30.6 Å². The first-order valence-electron chi connectivity index (χ1n) is 12.4. The van der Waals surface area contributed by atoms with Gasteiger partial charge in [-0.25, -0.2) is 9.97 Å². The third-order valence-corrected chi connectivity index (χ3v) is 7.59. The molecule has 1 aliphatic carbocycles. The Labute approximate surface area is 209 Å². The highest BCUT2D eigenvalue weighted by Crippen LogP contribution is 2.33. The van der Waals surface area contributed by atoms with E-state index in [1.165, 1.54) is 32.1 Å². The summed E-state index contributed by atoms with van der Waals surface area (Å²) in [6.45, 7) is 3.23. The molecule has 0 atom stereocenters. The molecule has 1 aliphatic heterocycles. The van der Waals surface area contributed by atoms with Gasteiger partial charge in [0.1, 0.15) is 17.3 Å². The fourth-order valence-electron chi connectivity index (χ4n) is 4.74. The molecular formula is C27H29N5O2S. The molecule has 1 saturated carbocycles. The van der Waals surface area contributed by atoms with E-state index in [1.807, 2.05) is 36.5 Å². The molecule has 6 rings (SSSR count). The van der Waals surface area contributed by atoms with Crippen LogP contribution in [0.4, 0.5) is 10.9 Å². The Bertz CT molecular complexity index is 1280. The number of morpholine rings is 1. The highest BCUT2D eigenvalue weighted by Gasteiger charge is 2.16. The first-order chi connectivity index (χ1) is 17.3. The Morgan fingerprint density at radius 3 is 2.63 bits per heavy atom. The number of nitrogens with one attached hydrogen (secondary N) is 1. The number of nitrogens with zero attached hydrogens (tertiary/aromatic N) is 4. The maximum Gasteiger partial charge on any atom is 0.184 e. The maximum atomic E-state index is 6.20. The van der Waals surface area contributed by atoms with Crippen LogP contribution in [-0.4, -0.2) is 47.3 Å². The molecule has 180 valence electrons. The normalized spacial score (nSPS) is 17.0. The van der Waals surface area contributed by atoms with Crippen molar-refractivity contribution in [3.63, 3.8) is 0 Å². The molecule has 0 spiro atoms. The van der Waals surface area contributed by atoms with Crippen molar-refractivity contribution in [2.45, 2.75) is 38.1 Å². The zero-order valence-corrected chi connectivity index (χ0v) is 20.5. The van der Waals surface area contributed by atoms with Gasteiger partial charge in [-0.3, -0.25) is 4.98 Å². The first kappa shape index (κ1) is 22.2. The fourth-order valence-corrected chi connectivity index (χ4v) is 5.71. The zero-order chi connectivity index (χ0) is 23.5. The highest BCUT2D eigenvalue weighted by molar-refractivity contribution is 7.22. The average molecular weight is 488 g/mol. The second-order valence-corrected chi connectivity index (χ2v) is 10.1. The number of rotatable bonds is 6. The second-order valence-electron chi connectivity index (χ2n) is 9.11. The second kappa shape index (κ2) is 10.2. The van der Waals surface area contributed by atoms with Gasteiger partial charge < -0.3 is 19.7 Å². The molecular weight excluding hydrogens is 458 g/mol. The minimum Gasteiger partial charge on any atom is -0.457 e. The number of anilines is 2. The van der Waals surface area contributed by atoms with Crippen molar-refractivity contribution in [1.29, 1.82) is 0 Å². The first-order valence-corrected chi connectivity index (χ1v) is 13.2. The SMILES string of the molecule is c1cc(Oc2ccc3nc(NC4CCCCC4)sc3c2)cc(-c2ccc(N3CCOCC3)nc2)n1. The third-order valence-electron chi connectivity index (χ3n) is 6.64. The number of thiazole rings is 1. The van der Waals surface area contributed by atoms with Crippen LogP contribution in [0.15, 0.2) is 54.9 Å². The van der Waals surface area contributed by atoms with E-state index in [0.29, 0.717) is 6.04 Å². The molecule has 1 aromatic carbocycles. The van der Waals surface area contributed by atoms with Crippen molar-refractivity contribution in [2.24, 2.45) is 0 Å². The van der Waals surface area contributed by atoms with Crippen LogP contribution < -0.4 is 15.0 Å². The molecule has 0 radical (unpaired) electrons. The molecule has 1 saturated heterocycles. The van der Waals surface area contributed by atoms with Gasteiger partial charge in [0.2, 0.25) is 0 Å². The summed E-state index contributed by atoms with van der Waals surface area (Å²) in [5.41, 5.74) is 2.80. The van der Waals surface area contributed by atoms with Crippen LogP contribution in [-0.2, 0) is 4.74 Å². The smallest absolute Gasteiger partial charge is 0.184 e. The van der Waals surface area contributed by atoms with Gasteiger partial charge >= 0.3 is 0 Å². The van der Waals surface area contributed by atoms with Crippen LogP contribution in [0.1, 0.15) is 32.1 Å². The number of pyridine rings is 2. The topological polar surface area (TPSA) is 72.4 Å². The zero-order valence-electron chi connectivity index (χ0n) is 19.7. The Kier molecular flexibility index (Phi) is 6.47. The van der Waals surface area contributed by atoms with Crippen LogP contribution in [0.2, 0.25) is 0 Å². The van der Waals surface area contributed by atoms with E-state index in [2.05, 4.69) is 32.3 Å². The lowest BCUT2D eigenvalue weighted by atomic mass is 9.96. The van der Waals surface area contributed by atoms with Crippen LogP contribution >= 0.6 is 11.3 Å². The Morgan fingerprint density at radius 1 is 0.943 bits per heavy atom. The molecule has 1 N–H and O–H groups in total. The van der Waals surface area contributed by atoms with E-state index in [1.54, 1.807) is 17.5 Å². The molecule has 35 heavy (non-hydrogen) atoms. The molecule has 0 unspecified atom stereocenters. The van der Waals surface area contributed by atoms with E-state index in [4.69, 9.17) is 14.5 Å². The number of aromatic nitrogens is 3.